The molecule has 1 heterocycles. The summed E-state index contributed by atoms with van der Waals surface area (Å²) < 4.78 is 51.2. The van der Waals surface area contributed by atoms with Crippen LogP contribution in [0.5, 0.6) is 0 Å². The third-order valence-corrected chi connectivity index (χ3v) is 3.00. The van der Waals surface area contributed by atoms with Gasteiger partial charge in [-0.3, -0.25) is 4.79 Å². The van der Waals surface area contributed by atoms with E-state index in [1.54, 1.807) is 0 Å². The van der Waals surface area contributed by atoms with Crippen LogP contribution in [0.2, 0.25) is 0 Å². The third kappa shape index (κ3) is 3.12. The minimum Gasteiger partial charge on any atom is -0.313 e. The molecule has 3 nitrogen and oxygen atoms in total. The zero-order chi connectivity index (χ0) is 15.6. The Kier molecular flexibility index (Phi) is 4.11. The lowest BCUT2D eigenvalue weighted by Crippen LogP contribution is -2.15. The van der Waals surface area contributed by atoms with Crippen molar-refractivity contribution < 1.29 is 17.6 Å². The molecule has 0 unspecified atom stereocenters. The van der Waals surface area contributed by atoms with Gasteiger partial charge in [0.25, 0.3) is 5.56 Å². The fraction of sp³-hybridized carbons (Fsp3) is 0.286. The molecule has 1 N–H and O–H groups in total. The van der Waals surface area contributed by atoms with Crippen molar-refractivity contribution in [2.45, 2.75) is 25.9 Å². The van der Waals surface area contributed by atoms with Crippen molar-refractivity contribution in [3.63, 3.8) is 0 Å². The molecule has 2 aromatic rings. The van der Waals surface area contributed by atoms with Crippen molar-refractivity contribution in [1.82, 2.24) is 9.97 Å². The smallest absolute Gasteiger partial charge is 0.313 e. The Hall–Kier alpha value is -2.18. The summed E-state index contributed by atoms with van der Waals surface area (Å²) in [6, 6.07) is 2.53. The second-order valence-electron chi connectivity index (χ2n) is 4.50. The van der Waals surface area contributed by atoms with E-state index >= 15 is 0 Å². The molecule has 0 atom stereocenters. The molecule has 0 aliphatic rings. The molecule has 0 aliphatic heterocycles. The summed E-state index contributed by atoms with van der Waals surface area (Å²) in [5.41, 5.74) is -1.03. The van der Waals surface area contributed by atoms with Gasteiger partial charge in [0.1, 0.15) is 5.82 Å². The maximum atomic E-state index is 13.6. The Morgan fingerprint density at radius 3 is 2.57 bits per heavy atom. The van der Waals surface area contributed by atoms with Gasteiger partial charge < -0.3 is 4.98 Å². The maximum absolute atomic E-state index is 13.6. The molecule has 0 spiro atoms. The van der Waals surface area contributed by atoms with Gasteiger partial charge >= 0.3 is 6.18 Å². The van der Waals surface area contributed by atoms with Crippen LogP contribution < -0.4 is 5.56 Å². The summed E-state index contributed by atoms with van der Waals surface area (Å²) in [5.74, 6) is -1.38. The number of benzene rings is 1. The van der Waals surface area contributed by atoms with Crippen LogP contribution in [0.15, 0.2) is 29.3 Å². The molecule has 0 saturated heterocycles. The van der Waals surface area contributed by atoms with E-state index in [1.165, 1.54) is 0 Å². The summed E-state index contributed by atoms with van der Waals surface area (Å²) >= 11 is 0. The van der Waals surface area contributed by atoms with Crippen LogP contribution in [0.25, 0.3) is 11.3 Å². The predicted octanol–water partition coefficient (Wildman–Crippen LogP) is 3.55. The molecule has 0 amide bonds. The highest BCUT2D eigenvalue weighted by Gasteiger charge is 2.34. The summed E-state index contributed by atoms with van der Waals surface area (Å²) in [5, 5.41) is 0. The van der Waals surface area contributed by atoms with Crippen molar-refractivity contribution >= 4 is 0 Å². The monoisotopic (exact) mass is 300 g/mol. The minimum atomic E-state index is -4.75. The normalized spacial score (nSPS) is 11.7. The van der Waals surface area contributed by atoms with Crippen LogP contribution >= 0.6 is 0 Å². The van der Waals surface area contributed by atoms with Gasteiger partial charge in [0.15, 0.2) is 0 Å². The number of alkyl halides is 3. The average Bonchev–Trinajstić information content (AvgIpc) is 2.39. The van der Waals surface area contributed by atoms with Crippen LogP contribution in [0, 0.1) is 5.82 Å². The largest absolute Gasteiger partial charge is 0.419 e. The zero-order valence-electron chi connectivity index (χ0n) is 11.1. The van der Waals surface area contributed by atoms with E-state index in [0.717, 1.165) is 18.5 Å². The van der Waals surface area contributed by atoms with Crippen LogP contribution in [-0.2, 0) is 12.6 Å². The Bertz CT molecular complexity index is 707. The molecular formula is C14H12F4N2O. The van der Waals surface area contributed by atoms with E-state index in [2.05, 4.69) is 9.97 Å². The molecule has 7 heteroatoms. The second kappa shape index (κ2) is 5.67. The Morgan fingerprint density at radius 2 is 2.00 bits per heavy atom. The van der Waals surface area contributed by atoms with Gasteiger partial charge in [-0.1, -0.05) is 19.4 Å². The fourth-order valence-electron chi connectivity index (χ4n) is 2.05. The Labute approximate surface area is 117 Å². The lowest BCUT2D eigenvalue weighted by molar-refractivity contribution is -0.139. The van der Waals surface area contributed by atoms with Crippen LogP contribution in [-0.4, -0.2) is 9.97 Å². The van der Waals surface area contributed by atoms with Crippen LogP contribution in [0.3, 0.4) is 0 Å². The molecule has 0 saturated carbocycles. The number of hydrogen-bond acceptors (Lipinski definition) is 2. The predicted molar refractivity (Wildman–Crippen MR) is 69.2 cm³/mol. The molecule has 0 radical (unpaired) electrons. The third-order valence-electron chi connectivity index (χ3n) is 3.00. The zero-order valence-corrected chi connectivity index (χ0v) is 11.1. The first-order valence-corrected chi connectivity index (χ1v) is 6.28. The van der Waals surface area contributed by atoms with Crippen molar-refractivity contribution in [2.24, 2.45) is 0 Å². The van der Waals surface area contributed by atoms with E-state index in [4.69, 9.17) is 0 Å². The molecule has 1 aromatic carbocycles. The quantitative estimate of drug-likeness (QED) is 0.881. The molecule has 0 bridgehead atoms. The highest BCUT2D eigenvalue weighted by Crippen LogP contribution is 2.33. The van der Waals surface area contributed by atoms with Crippen molar-refractivity contribution in [3.8, 4) is 11.3 Å². The van der Waals surface area contributed by atoms with Gasteiger partial charge in [-0.15, -0.1) is 0 Å². The lowest BCUT2D eigenvalue weighted by Gasteiger charge is -2.11. The molecular weight excluding hydrogens is 288 g/mol. The van der Waals surface area contributed by atoms with Gasteiger partial charge in [0.2, 0.25) is 0 Å². The number of nitrogens with one attached hydrogen (secondary N) is 1. The highest BCUT2D eigenvalue weighted by molar-refractivity contribution is 5.63. The first kappa shape index (κ1) is 15.2. The Morgan fingerprint density at radius 1 is 1.29 bits per heavy atom. The lowest BCUT2D eigenvalue weighted by atomic mass is 10.0. The molecule has 0 fully saturated rings. The van der Waals surface area contributed by atoms with Crippen LogP contribution in [0.4, 0.5) is 17.6 Å². The molecule has 1 aromatic heterocycles. The van der Waals surface area contributed by atoms with E-state index in [9.17, 15) is 22.4 Å². The molecule has 2 rings (SSSR count). The fourth-order valence-corrected chi connectivity index (χ4v) is 2.05. The topological polar surface area (TPSA) is 45.8 Å². The highest BCUT2D eigenvalue weighted by atomic mass is 19.4. The number of rotatable bonds is 3. The second-order valence-corrected chi connectivity index (χ2v) is 4.50. The first-order valence-electron chi connectivity index (χ1n) is 6.28. The van der Waals surface area contributed by atoms with Crippen molar-refractivity contribution in [2.75, 3.05) is 0 Å². The number of hydrogen-bond donors (Lipinski definition) is 1. The maximum Gasteiger partial charge on any atom is 0.419 e. The molecule has 112 valence electrons. The number of nitrogens with zero attached hydrogens (tertiary/aromatic N) is 1. The number of aromatic amines is 1. The van der Waals surface area contributed by atoms with Gasteiger partial charge in [0, 0.05) is 11.1 Å². The van der Waals surface area contributed by atoms with Crippen molar-refractivity contribution in [1.29, 1.82) is 0 Å². The standard InChI is InChI=1S/C14H12F4N2O/c1-2-3-9-12(19-7-20-13(9)21)8-4-5-10(11(15)6-8)14(16,17)18/h4-7H,2-3H2,1H3,(H,19,20,21). The summed E-state index contributed by atoms with van der Waals surface area (Å²) in [4.78, 5) is 18.1. The average molecular weight is 300 g/mol. The van der Waals surface area contributed by atoms with Gasteiger partial charge in [-0.2, -0.15) is 13.2 Å². The molecule has 0 aliphatic carbocycles. The summed E-state index contributed by atoms with van der Waals surface area (Å²) in [7, 11) is 0. The van der Waals surface area contributed by atoms with E-state index in [-0.39, 0.29) is 16.8 Å². The number of halogens is 4. The Balaban J connectivity index is 2.56. The minimum absolute atomic E-state index is 0.148. The van der Waals surface area contributed by atoms with Gasteiger partial charge in [-0.25, -0.2) is 9.37 Å². The number of H-pyrrole nitrogens is 1. The molecule has 21 heavy (non-hydrogen) atoms. The summed E-state index contributed by atoms with van der Waals surface area (Å²) in [6.07, 6.45) is -2.55. The van der Waals surface area contributed by atoms with Crippen LogP contribution in [0.1, 0.15) is 24.5 Å². The number of aromatic nitrogens is 2. The first-order chi connectivity index (χ1) is 9.84. The van der Waals surface area contributed by atoms with E-state index in [1.807, 2.05) is 6.92 Å². The van der Waals surface area contributed by atoms with Gasteiger partial charge in [-0.05, 0) is 18.6 Å². The van der Waals surface area contributed by atoms with E-state index < -0.39 is 17.6 Å². The van der Waals surface area contributed by atoms with Crippen molar-refractivity contribution in [3.05, 3.63) is 51.8 Å². The van der Waals surface area contributed by atoms with Gasteiger partial charge in [0.05, 0.1) is 17.6 Å². The SMILES string of the molecule is CCCc1c(-c2ccc(C(F)(F)F)c(F)c2)nc[nH]c1=O. The van der Waals surface area contributed by atoms with E-state index in [0.29, 0.717) is 24.5 Å². The summed E-state index contributed by atoms with van der Waals surface area (Å²) in [6.45, 7) is 1.85.